The van der Waals surface area contributed by atoms with Crippen LogP contribution in [0.4, 0.5) is 11.4 Å². The van der Waals surface area contributed by atoms with E-state index in [-0.39, 0.29) is 16.0 Å². The lowest BCUT2D eigenvalue weighted by molar-refractivity contribution is -0.119. The first kappa shape index (κ1) is 22.1. The summed E-state index contributed by atoms with van der Waals surface area (Å²) in [6, 6.07) is 11.7. The summed E-state index contributed by atoms with van der Waals surface area (Å²) in [7, 11) is -3.71. The molecular weight excluding hydrogens is 458 g/mol. The highest BCUT2D eigenvalue weighted by molar-refractivity contribution is 7.91. The van der Waals surface area contributed by atoms with Crippen molar-refractivity contribution in [3.63, 3.8) is 0 Å². The van der Waals surface area contributed by atoms with Crippen molar-refractivity contribution < 1.29 is 18.0 Å². The van der Waals surface area contributed by atoms with Crippen LogP contribution in [-0.2, 0) is 14.8 Å². The van der Waals surface area contributed by atoms with Gasteiger partial charge in [0.15, 0.2) is 0 Å². The van der Waals surface area contributed by atoms with Gasteiger partial charge in [0.25, 0.3) is 15.9 Å². The summed E-state index contributed by atoms with van der Waals surface area (Å²) in [6.45, 7) is 3.07. The zero-order chi connectivity index (χ0) is 23.2. The molecule has 172 valence electrons. The largest absolute Gasteiger partial charge is 0.324 e. The Labute approximate surface area is 197 Å². The minimum absolute atomic E-state index is 0.0171. The molecule has 1 fully saturated rings. The van der Waals surface area contributed by atoms with E-state index in [1.807, 2.05) is 30.3 Å². The molecule has 3 heterocycles. The molecule has 0 saturated carbocycles. The molecule has 7 nitrogen and oxygen atoms in total. The van der Waals surface area contributed by atoms with E-state index >= 15 is 0 Å². The number of benzene rings is 2. The Hall–Kier alpha value is -2.75. The summed E-state index contributed by atoms with van der Waals surface area (Å²) in [5, 5.41) is 6.30. The van der Waals surface area contributed by atoms with Crippen LogP contribution in [0.1, 0.15) is 43.0 Å². The van der Waals surface area contributed by atoms with Crippen molar-refractivity contribution in [3.8, 4) is 0 Å². The number of hydrogen-bond acceptors (Lipinski definition) is 5. The van der Waals surface area contributed by atoms with E-state index in [0.717, 1.165) is 40.6 Å². The van der Waals surface area contributed by atoms with Crippen LogP contribution < -0.4 is 10.2 Å². The smallest absolute Gasteiger partial charge is 0.258 e. The second kappa shape index (κ2) is 8.55. The Morgan fingerprint density at radius 1 is 1.18 bits per heavy atom. The van der Waals surface area contributed by atoms with Gasteiger partial charge in [0.2, 0.25) is 5.91 Å². The first-order valence-corrected chi connectivity index (χ1v) is 13.5. The summed E-state index contributed by atoms with van der Waals surface area (Å²) in [5.41, 5.74) is 2.09. The lowest BCUT2D eigenvalue weighted by atomic mass is 10.0. The molecule has 1 saturated heterocycles. The quantitative estimate of drug-likeness (QED) is 0.538. The topological polar surface area (TPSA) is 86.8 Å². The zero-order valence-electron chi connectivity index (χ0n) is 18.3. The van der Waals surface area contributed by atoms with Gasteiger partial charge in [-0.3, -0.25) is 9.59 Å². The number of amides is 2. The number of unbranched alkanes of at least 4 members (excludes halogenated alkanes) is 1. The Morgan fingerprint density at radius 3 is 2.79 bits per heavy atom. The Kier molecular flexibility index (Phi) is 5.72. The standard InChI is InChI=1S/C24H25N3O4S2/c1-2-3-13-26-19-12-11-18(16-7-4-8-17(22(16)19)24(26)29)25-23(28)20-9-5-14-27(20)33(30,31)21-10-6-15-32-21/h4,6-8,10-12,15,20H,2-3,5,9,13-14H2,1H3,(H,25,28)/t20-/m0/s1. The number of carbonyl (C=O) groups excluding carboxylic acids is 2. The second-order valence-corrected chi connectivity index (χ2v) is 11.4. The van der Waals surface area contributed by atoms with Gasteiger partial charge in [-0.15, -0.1) is 11.3 Å². The molecule has 0 spiro atoms. The summed E-state index contributed by atoms with van der Waals surface area (Å²) in [4.78, 5) is 28.0. The fourth-order valence-electron chi connectivity index (χ4n) is 4.73. The third kappa shape index (κ3) is 3.64. The van der Waals surface area contributed by atoms with Crippen molar-refractivity contribution in [2.75, 3.05) is 23.3 Å². The van der Waals surface area contributed by atoms with E-state index in [9.17, 15) is 18.0 Å². The highest BCUT2D eigenvalue weighted by Gasteiger charge is 2.40. The Morgan fingerprint density at radius 2 is 2.03 bits per heavy atom. The van der Waals surface area contributed by atoms with E-state index in [4.69, 9.17) is 0 Å². The van der Waals surface area contributed by atoms with Gasteiger partial charge in [-0.25, -0.2) is 8.42 Å². The minimum atomic E-state index is -3.71. The number of thiophene rings is 1. The molecule has 0 aliphatic carbocycles. The maximum Gasteiger partial charge on any atom is 0.258 e. The van der Waals surface area contributed by atoms with E-state index in [2.05, 4.69) is 12.2 Å². The van der Waals surface area contributed by atoms with Crippen LogP contribution in [-0.4, -0.2) is 43.7 Å². The van der Waals surface area contributed by atoms with Crippen LogP contribution in [0, 0.1) is 0 Å². The number of nitrogens with zero attached hydrogens (tertiary/aromatic N) is 2. The van der Waals surface area contributed by atoms with Crippen LogP contribution in [0.15, 0.2) is 52.1 Å². The van der Waals surface area contributed by atoms with Crippen molar-refractivity contribution in [2.24, 2.45) is 0 Å². The summed E-state index contributed by atoms with van der Waals surface area (Å²) in [6.07, 6.45) is 3.01. The lowest BCUT2D eigenvalue weighted by Gasteiger charge is -2.23. The molecule has 1 N–H and O–H groups in total. The highest BCUT2D eigenvalue weighted by Crippen LogP contribution is 2.41. The molecule has 2 aliphatic rings. The van der Waals surface area contributed by atoms with Crippen molar-refractivity contribution in [2.45, 2.75) is 42.9 Å². The number of carbonyl (C=O) groups is 2. The number of anilines is 2. The first-order chi connectivity index (χ1) is 15.9. The molecule has 33 heavy (non-hydrogen) atoms. The van der Waals surface area contributed by atoms with Gasteiger partial charge in [-0.2, -0.15) is 4.31 Å². The molecule has 5 rings (SSSR count). The second-order valence-electron chi connectivity index (χ2n) is 8.37. The third-order valence-corrected chi connectivity index (χ3v) is 9.62. The van der Waals surface area contributed by atoms with Crippen LogP contribution in [0.25, 0.3) is 10.8 Å². The van der Waals surface area contributed by atoms with E-state index in [1.165, 1.54) is 4.31 Å². The van der Waals surface area contributed by atoms with Crippen LogP contribution in [0.2, 0.25) is 0 Å². The van der Waals surface area contributed by atoms with Crippen molar-refractivity contribution in [3.05, 3.63) is 53.4 Å². The van der Waals surface area contributed by atoms with E-state index < -0.39 is 16.1 Å². The van der Waals surface area contributed by atoms with Gasteiger partial charge in [0.1, 0.15) is 10.3 Å². The average molecular weight is 484 g/mol. The first-order valence-electron chi connectivity index (χ1n) is 11.2. The number of hydrogen-bond donors (Lipinski definition) is 1. The molecule has 3 aromatic rings. The molecule has 9 heteroatoms. The van der Waals surface area contributed by atoms with E-state index in [0.29, 0.717) is 37.2 Å². The number of nitrogens with one attached hydrogen (secondary N) is 1. The third-order valence-electron chi connectivity index (χ3n) is 6.34. The fourth-order valence-corrected chi connectivity index (χ4v) is 7.50. The van der Waals surface area contributed by atoms with Gasteiger partial charge < -0.3 is 10.2 Å². The molecule has 1 aromatic heterocycles. The lowest BCUT2D eigenvalue weighted by Crippen LogP contribution is -2.42. The van der Waals surface area contributed by atoms with E-state index in [1.54, 1.807) is 22.4 Å². The van der Waals surface area contributed by atoms with Crippen LogP contribution >= 0.6 is 11.3 Å². The molecule has 2 aliphatic heterocycles. The van der Waals surface area contributed by atoms with Gasteiger partial charge in [-0.05, 0) is 48.9 Å². The van der Waals surface area contributed by atoms with Gasteiger partial charge in [-0.1, -0.05) is 31.5 Å². The average Bonchev–Trinajstić information content (AvgIpc) is 3.56. The number of sulfonamides is 1. The molecule has 0 radical (unpaired) electrons. The van der Waals surface area contributed by atoms with Crippen LogP contribution in [0.5, 0.6) is 0 Å². The zero-order valence-corrected chi connectivity index (χ0v) is 19.9. The SMILES string of the molecule is CCCCN1C(=O)c2cccc3c(NC(=O)[C@@H]4CCCN4S(=O)(=O)c4cccs4)ccc1c23. The maximum atomic E-state index is 13.2. The normalized spacial score (nSPS) is 18.4. The fraction of sp³-hybridized carbons (Fsp3) is 0.333. The maximum absolute atomic E-state index is 13.2. The Balaban J connectivity index is 1.45. The molecule has 2 amide bonds. The predicted octanol–water partition coefficient (Wildman–Crippen LogP) is 4.45. The van der Waals surface area contributed by atoms with Gasteiger partial charge in [0.05, 0.1) is 5.69 Å². The monoisotopic (exact) mass is 483 g/mol. The van der Waals surface area contributed by atoms with Crippen molar-refractivity contribution in [1.29, 1.82) is 0 Å². The minimum Gasteiger partial charge on any atom is -0.324 e. The molecule has 1 atom stereocenters. The summed E-state index contributed by atoms with van der Waals surface area (Å²) in [5.74, 6) is -0.364. The predicted molar refractivity (Wildman–Crippen MR) is 130 cm³/mol. The van der Waals surface area contributed by atoms with Gasteiger partial charge >= 0.3 is 0 Å². The van der Waals surface area contributed by atoms with Crippen molar-refractivity contribution >= 4 is 55.3 Å². The Bertz CT molecular complexity index is 1340. The molecule has 0 bridgehead atoms. The van der Waals surface area contributed by atoms with Crippen molar-refractivity contribution in [1.82, 2.24) is 4.31 Å². The van der Waals surface area contributed by atoms with Gasteiger partial charge in [0, 0.05) is 35.1 Å². The van der Waals surface area contributed by atoms with Crippen LogP contribution in [0.3, 0.4) is 0 Å². The summed E-state index contributed by atoms with van der Waals surface area (Å²) < 4.78 is 27.6. The molecule has 0 unspecified atom stereocenters. The molecule has 2 aromatic carbocycles. The molecular formula is C24H25N3O4S2. The highest BCUT2D eigenvalue weighted by atomic mass is 32.2. The summed E-state index contributed by atoms with van der Waals surface area (Å²) >= 11 is 1.15. The number of rotatable bonds is 7.